The molecule has 1 unspecified atom stereocenters. The van der Waals surface area contributed by atoms with Crippen molar-refractivity contribution in [2.45, 2.75) is 0 Å². The minimum absolute atomic E-state index is 0.834. The zero-order chi connectivity index (χ0) is 39.1. The van der Waals surface area contributed by atoms with Crippen LogP contribution in [-0.4, -0.2) is 4.57 Å². The summed E-state index contributed by atoms with van der Waals surface area (Å²) in [5, 5.41) is 11.3. The number of hydrogen-bond donors (Lipinski definition) is 0. The van der Waals surface area contributed by atoms with E-state index in [4.69, 9.17) is 0 Å². The third kappa shape index (κ3) is 5.04. The molecule has 0 saturated carbocycles. The highest BCUT2D eigenvalue weighted by Crippen LogP contribution is 2.54. The molecule has 10 aromatic carbocycles. The molecule has 1 aliphatic rings. The van der Waals surface area contributed by atoms with Crippen molar-refractivity contribution in [1.29, 1.82) is 0 Å². The fraction of sp³-hybridized carbons (Fsp3) is 0. The van der Waals surface area contributed by atoms with Gasteiger partial charge in [0.25, 0.3) is 0 Å². The van der Waals surface area contributed by atoms with E-state index in [1.54, 1.807) is 0 Å². The van der Waals surface area contributed by atoms with E-state index in [-0.39, 0.29) is 0 Å². The van der Waals surface area contributed by atoms with Crippen LogP contribution < -0.4 is 15.9 Å². The molecule has 11 aromatic rings. The summed E-state index contributed by atoms with van der Waals surface area (Å²) < 4.78 is 18.9. The van der Waals surface area contributed by atoms with Gasteiger partial charge in [-0.3, -0.25) is 0 Å². The molecule has 2 heterocycles. The summed E-state index contributed by atoms with van der Waals surface area (Å²) in [5.41, 5.74) is 10.8. The first-order chi connectivity index (χ1) is 29.2. The van der Waals surface area contributed by atoms with Crippen molar-refractivity contribution in [2.75, 3.05) is 0 Å². The monoisotopic (exact) mass is 769 g/mol. The average molecular weight is 770 g/mol. The van der Waals surface area contributed by atoms with Crippen LogP contribution in [0.1, 0.15) is 0 Å². The van der Waals surface area contributed by atoms with E-state index in [2.05, 4.69) is 205 Å². The molecule has 2 nitrogen and oxygen atoms in total. The molecule has 0 fully saturated rings. The van der Waals surface area contributed by atoms with E-state index in [9.17, 15) is 0 Å². The molecule has 0 bridgehead atoms. The summed E-state index contributed by atoms with van der Waals surface area (Å²) in [6, 6.07) is 77.5. The molecule has 0 radical (unpaired) electrons. The Balaban J connectivity index is 1.06. The highest BCUT2D eigenvalue weighted by molar-refractivity contribution is 7.85. The van der Waals surface area contributed by atoms with E-state index in [1.165, 1.54) is 37.9 Å². The van der Waals surface area contributed by atoms with Gasteiger partial charge in [-0.1, -0.05) is 188 Å². The lowest BCUT2D eigenvalue weighted by molar-refractivity contribution is 0.592. The number of para-hydroxylation sites is 1. The van der Waals surface area contributed by atoms with Crippen molar-refractivity contribution >= 4 is 66.3 Å². The summed E-state index contributed by atoms with van der Waals surface area (Å²) in [4.78, 5) is 0. The smallest absolute Gasteiger partial charge is 0.172 e. The number of aromatic nitrogens is 1. The van der Waals surface area contributed by atoms with Gasteiger partial charge in [-0.2, -0.15) is 0 Å². The Morgan fingerprint density at radius 3 is 1.54 bits per heavy atom. The van der Waals surface area contributed by atoms with E-state index in [0.29, 0.717) is 0 Å². The van der Waals surface area contributed by atoms with Crippen LogP contribution in [0.4, 0.5) is 0 Å². The second-order valence-electron chi connectivity index (χ2n) is 15.5. The molecule has 1 atom stereocenters. The fourth-order valence-corrected chi connectivity index (χ4v) is 12.8. The molecule has 0 saturated heterocycles. The zero-order valence-corrected chi connectivity index (χ0v) is 33.0. The van der Waals surface area contributed by atoms with Crippen molar-refractivity contribution < 1.29 is 4.57 Å². The predicted molar refractivity (Wildman–Crippen MR) is 250 cm³/mol. The van der Waals surface area contributed by atoms with Crippen LogP contribution in [0.15, 0.2) is 218 Å². The van der Waals surface area contributed by atoms with Crippen molar-refractivity contribution in [3.8, 4) is 50.3 Å². The highest BCUT2D eigenvalue weighted by Gasteiger charge is 2.40. The normalized spacial score (nSPS) is 14.6. The molecule has 1 aliphatic heterocycles. The van der Waals surface area contributed by atoms with Gasteiger partial charge in [0.2, 0.25) is 0 Å². The molecule has 276 valence electrons. The topological polar surface area (TPSA) is 22.0 Å². The summed E-state index contributed by atoms with van der Waals surface area (Å²) in [7, 11) is -3.39. The molecule has 0 amide bonds. The summed E-state index contributed by atoms with van der Waals surface area (Å²) in [6.07, 6.45) is 0. The summed E-state index contributed by atoms with van der Waals surface area (Å²) >= 11 is 0. The number of hydrogen-bond acceptors (Lipinski definition) is 1. The first-order valence-electron chi connectivity index (χ1n) is 20.2. The first-order valence-corrected chi connectivity index (χ1v) is 21.9. The SMILES string of the molecule is O=P1(c2cccc(-c3ccccc3)c2)c2ccccc2-c2c(n(-c3ccc(-c4ccc5c6ccccc6c6ccccc6c5c4)cc3)c3ccccc23)-c2ccccc21. The van der Waals surface area contributed by atoms with Gasteiger partial charge in [-0.25, -0.2) is 0 Å². The lowest BCUT2D eigenvalue weighted by atomic mass is 9.92. The molecule has 3 heteroatoms. The largest absolute Gasteiger partial charge is 0.309 e. The number of fused-ring (bicyclic) bond motifs is 13. The Morgan fingerprint density at radius 1 is 0.339 bits per heavy atom. The maximum absolute atomic E-state index is 16.5. The molecule has 59 heavy (non-hydrogen) atoms. The summed E-state index contributed by atoms with van der Waals surface area (Å²) in [6.45, 7) is 0. The van der Waals surface area contributed by atoms with Gasteiger partial charge in [0, 0.05) is 38.1 Å². The van der Waals surface area contributed by atoms with Crippen molar-refractivity contribution in [3.63, 3.8) is 0 Å². The van der Waals surface area contributed by atoms with E-state index >= 15 is 4.57 Å². The van der Waals surface area contributed by atoms with Gasteiger partial charge >= 0.3 is 0 Å². The third-order valence-electron chi connectivity index (χ3n) is 12.4. The Hall–Kier alpha value is -7.25. The van der Waals surface area contributed by atoms with Crippen molar-refractivity contribution in [1.82, 2.24) is 4.57 Å². The van der Waals surface area contributed by atoms with Gasteiger partial charge in [0.15, 0.2) is 7.14 Å². The zero-order valence-electron chi connectivity index (χ0n) is 32.1. The molecule has 0 spiro atoms. The molecule has 0 N–H and O–H groups in total. The standard InChI is InChI=1S/C56H36NOP/c58-59(42-18-14-17-39(35-42)37-15-2-1-3-16-37)53-27-12-9-24-49(53)55-48-23-8-11-26-52(48)57(56(55)50-25-10-13-28-54(50)59)41-32-29-38(30-33-41)40-31-34-47-45-21-5-4-19-43(45)44-20-6-7-22-46(44)51(47)36-40/h1-36H. The highest BCUT2D eigenvalue weighted by atomic mass is 31.2. The van der Waals surface area contributed by atoms with Crippen LogP contribution in [0.5, 0.6) is 0 Å². The molecule has 0 aliphatic carbocycles. The maximum atomic E-state index is 16.5. The average Bonchev–Trinajstić information content (AvgIpc) is 3.62. The van der Waals surface area contributed by atoms with Gasteiger partial charge in [-0.05, 0) is 90.5 Å². The van der Waals surface area contributed by atoms with Gasteiger partial charge in [0.1, 0.15) is 0 Å². The molecular formula is C56H36NOP. The van der Waals surface area contributed by atoms with Crippen LogP contribution in [-0.2, 0) is 4.57 Å². The van der Waals surface area contributed by atoms with Gasteiger partial charge < -0.3 is 9.13 Å². The van der Waals surface area contributed by atoms with E-state index in [0.717, 1.165) is 71.6 Å². The van der Waals surface area contributed by atoms with Crippen LogP contribution in [0, 0.1) is 0 Å². The second kappa shape index (κ2) is 13.1. The van der Waals surface area contributed by atoms with Crippen molar-refractivity contribution in [3.05, 3.63) is 218 Å². The Kier molecular flexibility index (Phi) is 7.54. The third-order valence-corrected chi connectivity index (χ3v) is 15.5. The van der Waals surface area contributed by atoms with Gasteiger partial charge in [0.05, 0.1) is 11.2 Å². The van der Waals surface area contributed by atoms with Gasteiger partial charge in [-0.15, -0.1) is 0 Å². The summed E-state index contributed by atoms with van der Waals surface area (Å²) in [5.74, 6) is 0. The quantitative estimate of drug-likeness (QED) is 0.129. The van der Waals surface area contributed by atoms with Crippen molar-refractivity contribution in [2.24, 2.45) is 0 Å². The van der Waals surface area contributed by atoms with Crippen LogP contribution in [0.2, 0.25) is 0 Å². The number of rotatable bonds is 4. The van der Waals surface area contributed by atoms with Crippen LogP contribution in [0.3, 0.4) is 0 Å². The minimum atomic E-state index is -3.39. The minimum Gasteiger partial charge on any atom is -0.309 e. The molecular weight excluding hydrogens is 734 g/mol. The van der Waals surface area contributed by atoms with Crippen LogP contribution >= 0.6 is 7.14 Å². The van der Waals surface area contributed by atoms with E-state index < -0.39 is 7.14 Å². The number of nitrogens with zero attached hydrogens (tertiary/aromatic N) is 1. The number of benzene rings is 10. The first kappa shape index (κ1) is 33.8. The second-order valence-corrected chi connectivity index (χ2v) is 18.2. The Bertz CT molecular complexity index is 3490. The van der Waals surface area contributed by atoms with Crippen LogP contribution in [0.25, 0.3) is 93.5 Å². The lowest BCUT2D eigenvalue weighted by Gasteiger charge is -2.23. The maximum Gasteiger partial charge on any atom is 0.172 e. The fourth-order valence-electron chi connectivity index (χ4n) is 9.75. The molecule has 1 aromatic heterocycles. The van der Waals surface area contributed by atoms with E-state index in [1.807, 2.05) is 18.2 Å². The Labute approximate surface area is 342 Å². The molecule has 12 rings (SSSR count). The Morgan fingerprint density at radius 2 is 0.831 bits per heavy atom. The lowest BCUT2D eigenvalue weighted by Crippen LogP contribution is -2.26. The predicted octanol–water partition coefficient (Wildman–Crippen LogP) is 13.7.